The SMILES string of the molecule is CC1(C)CC=C(OC2=CCC(C)(C)CC2)CC1.O=S(=O)(O)C(F)(F)F. The molecule has 0 amide bonds. The largest absolute Gasteiger partial charge is 0.522 e. The lowest BCUT2D eigenvalue weighted by molar-refractivity contribution is -0.0510. The fraction of sp³-hybridized carbons (Fsp3) is 0.765. The van der Waals surface area contributed by atoms with Gasteiger partial charge in [0, 0.05) is 12.8 Å². The van der Waals surface area contributed by atoms with Crippen LogP contribution in [0.25, 0.3) is 0 Å². The average molecular weight is 384 g/mol. The topological polar surface area (TPSA) is 63.6 Å². The highest BCUT2D eigenvalue weighted by Gasteiger charge is 2.44. The van der Waals surface area contributed by atoms with E-state index in [1.165, 1.54) is 24.4 Å². The number of alkyl halides is 3. The van der Waals surface area contributed by atoms with Gasteiger partial charge in [-0.05, 0) is 48.7 Å². The van der Waals surface area contributed by atoms with Gasteiger partial charge in [0.25, 0.3) is 0 Å². The molecule has 146 valence electrons. The summed E-state index contributed by atoms with van der Waals surface area (Å²) in [6.45, 7) is 9.34. The van der Waals surface area contributed by atoms with E-state index in [9.17, 15) is 13.2 Å². The Hall–Kier alpha value is -1.02. The third-order valence-corrected chi connectivity index (χ3v) is 5.00. The summed E-state index contributed by atoms with van der Waals surface area (Å²) in [4.78, 5) is 0. The fourth-order valence-corrected chi connectivity index (χ4v) is 2.47. The summed E-state index contributed by atoms with van der Waals surface area (Å²) in [5, 5.41) is 0. The van der Waals surface area contributed by atoms with Crippen molar-refractivity contribution in [2.45, 2.75) is 71.7 Å². The van der Waals surface area contributed by atoms with Gasteiger partial charge >= 0.3 is 15.6 Å². The van der Waals surface area contributed by atoms with E-state index >= 15 is 0 Å². The zero-order chi connectivity index (χ0) is 19.5. The molecule has 25 heavy (non-hydrogen) atoms. The molecule has 2 rings (SSSR count). The molecule has 0 fully saturated rings. The molecule has 8 heteroatoms. The zero-order valence-electron chi connectivity index (χ0n) is 15.1. The molecule has 0 aliphatic heterocycles. The maximum atomic E-state index is 10.7. The smallest absolute Gasteiger partial charge is 0.467 e. The number of halogens is 3. The molecule has 0 aromatic rings. The van der Waals surface area contributed by atoms with Gasteiger partial charge in [0.15, 0.2) is 0 Å². The third kappa shape index (κ3) is 7.81. The quantitative estimate of drug-likeness (QED) is 0.498. The Labute approximate surface area is 147 Å². The second-order valence-electron chi connectivity index (χ2n) is 8.10. The zero-order valence-corrected chi connectivity index (χ0v) is 15.9. The van der Waals surface area contributed by atoms with Gasteiger partial charge in [-0.15, -0.1) is 0 Å². The predicted octanol–water partition coefficient (Wildman–Crippen LogP) is 5.59. The number of hydrogen-bond acceptors (Lipinski definition) is 3. The minimum Gasteiger partial charge on any atom is -0.467 e. The van der Waals surface area contributed by atoms with E-state index < -0.39 is 15.6 Å². The maximum Gasteiger partial charge on any atom is 0.522 e. The van der Waals surface area contributed by atoms with Crippen LogP contribution in [0.4, 0.5) is 13.2 Å². The van der Waals surface area contributed by atoms with E-state index in [1.54, 1.807) is 0 Å². The maximum absolute atomic E-state index is 10.7. The first-order chi connectivity index (χ1) is 11.1. The highest BCUT2D eigenvalue weighted by atomic mass is 32.2. The first-order valence-corrected chi connectivity index (χ1v) is 9.65. The predicted molar refractivity (Wildman–Crippen MR) is 90.1 cm³/mol. The Kier molecular flexibility index (Phi) is 6.78. The molecule has 0 heterocycles. The standard InChI is InChI=1S/C16H26O.CHF3O3S/c1-15(2)9-5-13(6-10-15)17-14-7-11-16(3,4)12-8-14;2-1(3,4)8(5,6)7/h5,7H,6,8-12H2,1-4H3;(H,5,6,7). The Morgan fingerprint density at radius 3 is 1.48 bits per heavy atom. The molecule has 1 N–H and O–H groups in total. The molecule has 2 aliphatic rings. The second kappa shape index (κ2) is 7.70. The van der Waals surface area contributed by atoms with Crippen LogP contribution in [0, 0.1) is 10.8 Å². The number of rotatable bonds is 2. The molecule has 0 saturated heterocycles. The molecule has 2 aliphatic carbocycles. The van der Waals surface area contributed by atoms with Crippen LogP contribution in [-0.4, -0.2) is 18.5 Å². The van der Waals surface area contributed by atoms with Crippen LogP contribution in [0.3, 0.4) is 0 Å². The lowest BCUT2D eigenvalue weighted by Gasteiger charge is -2.31. The summed E-state index contributed by atoms with van der Waals surface area (Å²) < 4.78 is 63.6. The van der Waals surface area contributed by atoms with Crippen LogP contribution < -0.4 is 0 Å². The fourth-order valence-electron chi connectivity index (χ4n) is 2.47. The molecule has 0 radical (unpaired) electrons. The van der Waals surface area contributed by atoms with Crippen molar-refractivity contribution < 1.29 is 30.9 Å². The van der Waals surface area contributed by atoms with Crippen LogP contribution in [0.15, 0.2) is 23.7 Å². The Bertz CT molecular complexity index is 595. The van der Waals surface area contributed by atoms with Gasteiger partial charge in [0.1, 0.15) is 0 Å². The molecule has 0 saturated carbocycles. The second-order valence-corrected chi connectivity index (χ2v) is 9.51. The third-order valence-electron chi connectivity index (χ3n) is 4.42. The van der Waals surface area contributed by atoms with Crippen LogP contribution in [0.5, 0.6) is 0 Å². The van der Waals surface area contributed by atoms with Crippen LogP contribution in [0.2, 0.25) is 0 Å². The summed E-state index contributed by atoms with van der Waals surface area (Å²) in [5.74, 6) is 2.41. The molecule has 4 nitrogen and oxygen atoms in total. The highest BCUT2D eigenvalue weighted by molar-refractivity contribution is 7.86. The normalized spacial score (nSPS) is 22.9. The van der Waals surface area contributed by atoms with E-state index in [0.29, 0.717) is 10.8 Å². The number of hydrogen-bond donors (Lipinski definition) is 1. The van der Waals surface area contributed by atoms with Crippen molar-refractivity contribution in [2.75, 3.05) is 0 Å². The van der Waals surface area contributed by atoms with Gasteiger partial charge in [-0.25, -0.2) is 0 Å². The van der Waals surface area contributed by atoms with E-state index in [4.69, 9.17) is 17.7 Å². The molecule has 0 bridgehead atoms. The highest BCUT2D eigenvalue weighted by Crippen LogP contribution is 2.38. The van der Waals surface area contributed by atoms with Gasteiger partial charge in [-0.1, -0.05) is 27.7 Å². The van der Waals surface area contributed by atoms with E-state index in [0.717, 1.165) is 25.7 Å². The number of allylic oxidation sites excluding steroid dienone is 4. The van der Waals surface area contributed by atoms with Crippen molar-refractivity contribution >= 4 is 10.1 Å². The molecular weight excluding hydrogens is 357 g/mol. The van der Waals surface area contributed by atoms with Crippen molar-refractivity contribution in [1.29, 1.82) is 0 Å². The van der Waals surface area contributed by atoms with Gasteiger partial charge < -0.3 is 4.74 Å². The van der Waals surface area contributed by atoms with E-state index in [1.807, 2.05) is 0 Å². The first kappa shape index (κ1) is 22.0. The Balaban J connectivity index is 0.000000333. The Morgan fingerprint density at radius 2 is 1.28 bits per heavy atom. The summed E-state index contributed by atoms with van der Waals surface area (Å²) in [5.41, 5.74) is -4.60. The molecule has 0 aromatic carbocycles. The van der Waals surface area contributed by atoms with Crippen molar-refractivity contribution in [1.82, 2.24) is 0 Å². The summed E-state index contributed by atoms with van der Waals surface area (Å²) >= 11 is 0. The monoisotopic (exact) mass is 384 g/mol. The molecule has 0 atom stereocenters. The van der Waals surface area contributed by atoms with Gasteiger partial charge in [-0.2, -0.15) is 21.6 Å². The van der Waals surface area contributed by atoms with Gasteiger partial charge in [0.2, 0.25) is 0 Å². The van der Waals surface area contributed by atoms with Crippen molar-refractivity contribution in [3.8, 4) is 0 Å². The molecular formula is C17H27F3O4S. The summed E-state index contributed by atoms with van der Waals surface area (Å²) in [7, 11) is -5.84. The van der Waals surface area contributed by atoms with Crippen LogP contribution >= 0.6 is 0 Å². The average Bonchev–Trinajstić information content (AvgIpc) is 2.42. The van der Waals surface area contributed by atoms with Gasteiger partial charge in [-0.3, -0.25) is 4.55 Å². The molecule has 0 aromatic heterocycles. The summed E-state index contributed by atoms with van der Waals surface area (Å²) in [6, 6.07) is 0. The lowest BCUT2D eigenvalue weighted by Crippen LogP contribution is -2.21. The van der Waals surface area contributed by atoms with Crippen molar-refractivity contribution in [3.63, 3.8) is 0 Å². The van der Waals surface area contributed by atoms with E-state index in [-0.39, 0.29) is 0 Å². The summed E-state index contributed by atoms with van der Waals surface area (Å²) in [6.07, 6.45) is 11.6. The molecule has 0 unspecified atom stereocenters. The lowest BCUT2D eigenvalue weighted by atomic mass is 9.80. The van der Waals surface area contributed by atoms with Crippen LogP contribution in [-0.2, 0) is 14.9 Å². The van der Waals surface area contributed by atoms with Crippen molar-refractivity contribution in [2.24, 2.45) is 10.8 Å². The Morgan fingerprint density at radius 1 is 0.960 bits per heavy atom. The van der Waals surface area contributed by atoms with Gasteiger partial charge in [0.05, 0.1) is 11.5 Å². The first-order valence-electron chi connectivity index (χ1n) is 8.21. The molecule has 0 spiro atoms. The van der Waals surface area contributed by atoms with Crippen molar-refractivity contribution in [3.05, 3.63) is 23.7 Å². The minimum atomic E-state index is -5.84. The van der Waals surface area contributed by atoms with Crippen LogP contribution in [0.1, 0.15) is 66.2 Å². The van der Waals surface area contributed by atoms with E-state index in [2.05, 4.69) is 39.8 Å². The number of ether oxygens (including phenoxy) is 1. The minimum absolute atomic E-state index is 0.468.